The van der Waals surface area contributed by atoms with E-state index in [9.17, 15) is 9.70 Å². The number of aromatic carboxylic acids is 1. The Balaban J connectivity index is 2.36. The first-order valence-electron chi connectivity index (χ1n) is 5.14. The zero-order chi connectivity index (χ0) is 11.5. The first-order chi connectivity index (χ1) is 7.70. The minimum Gasteiger partial charge on any atom is -0.478 e. The molecular formula is C11H12N2O3. The van der Waals surface area contributed by atoms with E-state index in [0.717, 1.165) is 24.0 Å². The maximum absolute atomic E-state index is 10.8. The van der Waals surface area contributed by atoms with Crippen LogP contribution < -0.4 is 0 Å². The lowest BCUT2D eigenvalue weighted by Crippen LogP contribution is -2.15. The molecule has 1 aliphatic heterocycles. The van der Waals surface area contributed by atoms with Crippen LogP contribution in [0, 0.1) is 4.91 Å². The molecule has 5 nitrogen and oxygen atoms in total. The van der Waals surface area contributed by atoms with Gasteiger partial charge in [0.1, 0.15) is 0 Å². The Labute approximate surface area is 92.6 Å². The van der Waals surface area contributed by atoms with Crippen molar-refractivity contribution in [1.29, 1.82) is 0 Å². The largest absolute Gasteiger partial charge is 0.478 e. The molecule has 1 N–H and O–H groups in total. The fraction of sp³-hybridized carbons (Fsp3) is 0.364. The molecule has 0 aromatic heterocycles. The van der Waals surface area contributed by atoms with Crippen LogP contribution in [0.4, 0.5) is 0 Å². The summed E-state index contributed by atoms with van der Waals surface area (Å²) in [7, 11) is 0. The van der Waals surface area contributed by atoms with Crippen LogP contribution >= 0.6 is 0 Å². The van der Waals surface area contributed by atoms with Crippen LogP contribution in [0.5, 0.6) is 0 Å². The second-order valence-electron chi connectivity index (χ2n) is 3.86. The molecule has 1 aromatic rings. The molecule has 1 aliphatic rings. The lowest BCUT2D eigenvalue weighted by Gasteiger charge is -2.12. The van der Waals surface area contributed by atoms with Crippen LogP contribution in [-0.4, -0.2) is 22.6 Å². The van der Waals surface area contributed by atoms with Gasteiger partial charge in [-0.05, 0) is 36.1 Å². The van der Waals surface area contributed by atoms with Crippen LogP contribution in [0.3, 0.4) is 0 Å². The van der Waals surface area contributed by atoms with E-state index in [4.69, 9.17) is 5.11 Å². The molecule has 0 bridgehead atoms. The number of carbonyl (C=O) groups is 1. The van der Waals surface area contributed by atoms with Crippen molar-refractivity contribution < 1.29 is 9.90 Å². The van der Waals surface area contributed by atoms with Gasteiger partial charge in [-0.15, -0.1) is 4.91 Å². The lowest BCUT2D eigenvalue weighted by atomic mass is 10.0. The Morgan fingerprint density at radius 3 is 2.88 bits per heavy atom. The van der Waals surface area contributed by atoms with Crippen LogP contribution in [0.25, 0.3) is 0 Å². The second kappa shape index (κ2) is 4.30. The fourth-order valence-electron chi connectivity index (χ4n) is 1.95. The summed E-state index contributed by atoms with van der Waals surface area (Å²) in [6.07, 6.45) is 1.73. The van der Waals surface area contributed by atoms with Gasteiger partial charge in [0.25, 0.3) is 0 Å². The summed E-state index contributed by atoms with van der Waals surface area (Å²) in [5.41, 5.74) is 2.25. The first-order valence-corrected chi connectivity index (χ1v) is 5.14. The van der Waals surface area contributed by atoms with Crippen LogP contribution in [0.15, 0.2) is 23.5 Å². The van der Waals surface area contributed by atoms with E-state index < -0.39 is 5.97 Å². The minimum absolute atomic E-state index is 0.256. The van der Waals surface area contributed by atoms with Crippen LogP contribution in [0.2, 0.25) is 0 Å². The number of hydrogen-bond acceptors (Lipinski definition) is 3. The predicted molar refractivity (Wildman–Crippen MR) is 57.9 cm³/mol. The number of nitrogens with zero attached hydrogens (tertiary/aromatic N) is 2. The van der Waals surface area contributed by atoms with E-state index in [-0.39, 0.29) is 5.56 Å². The highest BCUT2D eigenvalue weighted by Crippen LogP contribution is 2.20. The van der Waals surface area contributed by atoms with E-state index in [1.807, 2.05) is 6.07 Å². The zero-order valence-corrected chi connectivity index (χ0v) is 8.72. The number of benzene rings is 1. The highest BCUT2D eigenvalue weighted by atomic mass is 16.4. The molecular weight excluding hydrogens is 208 g/mol. The number of hydrogen-bond donors (Lipinski definition) is 1. The van der Waals surface area contributed by atoms with E-state index in [1.165, 1.54) is 5.01 Å². The quantitative estimate of drug-likeness (QED) is 0.772. The Kier molecular flexibility index (Phi) is 2.85. The van der Waals surface area contributed by atoms with Crippen molar-refractivity contribution in [3.8, 4) is 0 Å². The Bertz CT molecular complexity index is 431. The summed E-state index contributed by atoms with van der Waals surface area (Å²) in [5, 5.41) is 13.2. The normalized spacial score (nSPS) is 15.1. The van der Waals surface area contributed by atoms with Crippen LogP contribution in [-0.2, 0) is 13.0 Å². The Morgan fingerprint density at radius 2 is 2.19 bits per heavy atom. The van der Waals surface area contributed by atoms with Gasteiger partial charge in [-0.2, -0.15) is 0 Å². The maximum Gasteiger partial charge on any atom is 0.335 e. The van der Waals surface area contributed by atoms with Crippen molar-refractivity contribution in [2.75, 3.05) is 6.54 Å². The molecule has 1 heterocycles. The average molecular weight is 220 g/mol. The summed E-state index contributed by atoms with van der Waals surface area (Å²) < 4.78 is 0. The van der Waals surface area contributed by atoms with Gasteiger partial charge in [-0.3, -0.25) is 5.01 Å². The maximum atomic E-state index is 10.8. The minimum atomic E-state index is -0.947. The van der Waals surface area contributed by atoms with Gasteiger partial charge >= 0.3 is 5.97 Å². The molecule has 84 valence electrons. The van der Waals surface area contributed by atoms with Gasteiger partial charge in [-0.1, -0.05) is 6.07 Å². The number of fused-ring (bicyclic) bond motifs is 1. The van der Waals surface area contributed by atoms with Crippen molar-refractivity contribution >= 4 is 5.97 Å². The third kappa shape index (κ3) is 2.03. The number of nitroso groups, excluding NO2 is 1. The molecule has 0 atom stereocenters. The monoisotopic (exact) mass is 220 g/mol. The summed E-state index contributed by atoms with van der Waals surface area (Å²) in [4.78, 5) is 21.3. The highest BCUT2D eigenvalue weighted by molar-refractivity contribution is 5.87. The van der Waals surface area contributed by atoms with Gasteiger partial charge in [0.2, 0.25) is 0 Å². The van der Waals surface area contributed by atoms with Crippen molar-refractivity contribution in [2.45, 2.75) is 19.4 Å². The summed E-state index contributed by atoms with van der Waals surface area (Å²) in [6.45, 7) is 1.03. The molecule has 0 radical (unpaired) electrons. The van der Waals surface area contributed by atoms with Crippen molar-refractivity contribution in [3.05, 3.63) is 39.8 Å². The van der Waals surface area contributed by atoms with E-state index in [2.05, 4.69) is 5.29 Å². The standard InChI is InChI=1S/C11H12N2O3/c14-11(15)9-4-3-8-2-1-5-13(12-16)7-10(8)6-9/h3-4,6H,1-2,5,7H2,(H,14,15). The predicted octanol–water partition coefficient (Wildman–Crippen LogP) is 1.81. The number of carboxylic acid groups (broad SMARTS) is 1. The highest BCUT2D eigenvalue weighted by Gasteiger charge is 2.15. The Morgan fingerprint density at radius 1 is 1.38 bits per heavy atom. The molecule has 0 spiro atoms. The van der Waals surface area contributed by atoms with Gasteiger partial charge in [0, 0.05) is 6.54 Å². The molecule has 0 aliphatic carbocycles. The second-order valence-corrected chi connectivity index (χ2v) is 3.86. The number of aryl methyl sites for hydroxylation is 1. The van der Waals surface area contributed by atoms with E-state index in [1.54, 1.807) is 12.1 Å². The van der Waals surface area contributed by atoms with Gasteiger partial charge in [-0.25, -0.2) is 4.79 Å². The van der Waals surface area contributed by atoms with Crippen molar-refractivity contribution in [1.82, 2.24) is 5.01 Å². The SMILES string of the molecule is O=NN1CCCc2ccc(C(=O)O)cc2C1. The summed E-state index contributed by atoms with van der Waals surface area (Å²) in [6, 6.07) is 5.05. The Hall–Kier alpha value is -1.91. The number of rotatable bonds is 2. The van der Waals surface area contributed by atoms with E-state index in [0.29, 0.717) is 13.1 Å². The van der Waals surface area contributed by atoms with Gasteiger partial charge < -0.3 is 5.11 Å². The van der Waals surface area contributed by atoms with Crippen molar-refractivity contribution in [2.24, 2.45) is 5.29 Å². The van der Waals surface area contributed by atoms with Crippen molar-refractivity contribution in [3.63, 3.8) is 0 Å². The average Bonchev–Trinajstić information content (AvgIpc) is 2.49. The number of carboxylic acids is 1. The van der Waals surface area contributed by atoms with E-state index >= 15 is 0 Å². The third-order valence-corrected chi connectivity index (χ3v) is 2.78. The smallest absolute Gasteiger partial charge is 0.335 e. The molecule has 0 fully saturated rings. The van der Waals surface area contributed by atoms with Gasteiger partial charge in [0.05, 0.1) is 17.4 Å². The zero-order valence-electron chi connectivity index (χ0n) is 8.72. The molecule has 2 rings (SSSR count). The molecule has 5 heteroatoms. The van der Waals surface area contributed by atoms with Crippen LogP contribution in [0.1, 0.15) is 27.9 Å². The molecule has 0 unspecified atom stereocenters. The lowest BCUT2D eigenvalue weighted by molar-refractivity contribution is 0.0696. The molecule has 1 aromatic carbocycles. The first kappa shape index (κ1) is 10.6. The molecule has 16 heavy (non-hydrogen) atoms. The molecule has 0 saturated heterocycles. The topological polar surface area (TPSA) is 70.0 Å². The van der Waals surface area contributed by atoms with Gasteiger partial charge in [0.15, 0.2) is 0 Å². The third-order valence-electron chi connectivity index (χ3n) is 2.78. The summed E-state index contributed by atoms with van der Waals surface area (Å²) in [5.74, 6) is -0.947. The molecule has 0 amide bonds. The molecule has 0 saturated carbocycles. The summed E-state index contributed by atoms with van der Waals surface area (Å²) >= 11 is 0. The fourth-order valence-corrected chi connectivity index (χ4v) is 1.95.